The number of nitrogens with zero attached hydrogens (tertiary/aromatic N) is 1. The Morgan fingerprint density at radius 3 is 2.47 bits per heavy atom. The van der Waals surface area contributed by atoms with Crippen molar-refractivity contribution >= 4 is 23.0 Å². The van der Waals surface area contributed by atoms with E-state index in [1.165, 1.54) is 6.07 Å². The molecule has 0 atom stereocenters. The Bertz CT molecular complexity index is 347. The van der Waals surface area contributed by atoms with E-state index in [2.05, 4.69) is 15.6 Å². The summed E-state index contributed by atoms with van der Waals surface area (Å²) < 4.78 is 36.4. The van der Waals surface area contributed by atoms with Crippen LogP contribution in [0, 0.1) is 0 Å². The molecule has 0 saturated carbocycles. The van der Waals surface area contributed by atoms with Crippen molar-refractivity contribution in [2.24, 2.45) is 0 Å². The second-order valence-corrected chi connectivity index (χ2v) is 3.04. The lowest BCUT2D eigenvalue weighted by atomic mass is 10.3. The summed E-state index contributed by atoms with van der Waals surface area (Å²) >= 11 is 4.77. The topological polar surface area (TPSA) is 37.0 Å². The van der Waals surface area contributed by atoms with Crippen molar-refractivity contribution in [3.63, 3.8) is 0 Å². The predicted octanol–water partition coefficient (Wildman–Crippen LogP) is 2.02. The minimum Gasteiger partial charge on any atom is -0.366 e. The first-order valence-electron chi connectivity index (χ1n) is 3.95. The molecule has 3 nitrogen and oxygen atoms in total. The number of alkyl halides is 3. The quantitative estimate of drug-likeness (QED) is 0.730. The molecular weight excluding hydrogens is 227 g/mol. The first-order chi connectivity index (χ1) is 6.93. The van der Waals surface area contributed by atoms with Crippen molar-refractivity contribution in [3.8, 4) is 0 Å². The molecule has 0 aliphatic carbocycles. The fourth-order valence-electron chi connectivity index (χ4n) is 0.829. The first-order valence-corrected chi connectivity index (χ1v) is 4.36. The van der Waals surface area contributed by atoms with E-state index in [1.54, 1.807) is 7.05 Å². The largest absolute Gasteiger partial charge is 0.433 e. The summed E-state index contributed by atoms with van der Waals surface area (Å²) in [5, 5.41) is 5.61. The van der Waals surface area contributed by atoms with Crippen molar-refractivity contribution in [2.75, 3.05) is 12.4 Å². The molecule has 1 aromatic rings. The van der Waals surface area contributed by atoms with Gasteiger partial charge >= 0.3 is 6.18 Å². The van der Waals surface area contributed by atoms with Gasteiger partial charge < -0.3 is 10.6 Å². The molecule has 1 aromatic heterocycles. The molecular formula is C8H8F3N3S. The minimum atomic E-state index is -4.41. The number of aromatic nitrogens is 1. The summed E-state index contributed by atoms with van der Waals surface area (Å²) in [5.41, 5.74) is -0.522. The van der Waals surface area contributed by atoms with Gasteiger partial charge in [0.15, 0.2) is 5.11 Å². The normalized spacial score (nSPS) is 10.9. The van der Waals surface area contributed by atoms with Crippen molar-refractivity contribution < 1.29 is 13.2 Å². The van der Waals surface area contributed by atoms with E-state index in [-0.39, 0.29) is 0 Å². The monoisotopic (exact) mass is 235 g/mol. The standard InChI is InChI=1S/C8H8F3N3S/c1-12-7(15)14-5-2-3-6(13-4-5)8(9,10)11/h2-4H,1H3,(H2,12,14,15). The Morgan fingerprint density at radius 1 is 1.40 bits per heavy atom. The molecule has 0 amide bonds. The van der Waals surface area contributed by atoms with Gasteiger partial charge in [-0.15, -0.1) is 0 Å². The smallest absolute Gasteiger partial charge is 0.366 e. The zero-order valence-electron chi connectivity index (χ0n) is 7.72. The van der Waals surface area contributed by atoms with Crippen LogP contribution < -0.4 is 10.6 Å². The number of hydrogen-bond donors (Lipinski definition) is 2. The highest BCUT2D eigenvalue weighted by atomic mass is 32.1. The van der Waals surface area contributed by atoms with Crippen LogP contribution in [0.4, 0.5) is 18.9 Å². The van der Waals surface area contributed by atoms with Crippen LogP contribution in [-0.2, 0) is 6.18 Å². The van der Waals surface area contributed by atoms with E-state index in [1.807, 2.05) is 0 Å². The highest BCUT2D eigenvalue weighted by molar-refractivity contribution is 7.80. The average molecular weight is 235 g/mol. The zero-order valence-corrected chi connectivity index (χ0v) is 8.54. The lowest BCUT2D eigenvalue weighted by Gasteiger charge is -2.08. The third kappa shape index (κ3) is 3.35. The first kappa shape index (κ1) is 11.7. The molecule has 0 spiro atoms. The highest BCUT2D eigenvalue weighted by Gasteiger charge is 2.31. The molecule has 0 aliphatic rings. The maximum atomic E-state index is 12.1. The van der Waals surface area contributed by atoms with Crippen LogP contribution in [0.2, 0.25) is 0 Å². The Balaban J connectivity index is 2.77. The fourth-order valence-corrected chi connectivity index (χ4v) is 0.947. The Morgan fingerprint density at radius 2 is 2.07 bits per heavy atom. The molecule has 0 aliphatic heterocycles. The molecule has 0 radical (unpaired) electrons. The Kier molecular flexibility index (Phi) is 3.46. The van der Waals surface area contributed by atoms with Crippen LogP contribution >= 0.6 is 12.2 Å². The molecule has 0 saturated heterocycles. The molecule has 0 unspecified atom stereocenters. The molecule has 7 heteroatoms. The van der Waals surface area contributed by atoms with Crippen LogP contribution in [0.1, 0.15) is 5.69 Å². The Labute approximate surface area is 89.7 Å². The molecule has 0 fully saturated rings. The zero-order chi connectivity index (χ0) is 11.5. The summed E-state index contributed by atoms with van der Waals surface area (Å²) in [6.45, 7) is 0. The van der Waals surface area contributed by atoms with Gasteiger partial charge in [-0.1, -0.05) is 0 Å². The maximum Gasteiger partial charge on any atom is 0.433 e. The van der Waals surface area contributed by atoms with E-state index >= 15 is 0 Å². The van der Waals surface area contributed by atoms with E-state index in [0.29, 0.717) is 10.8 Å². The van der Waals surface area contributed by atoms with E-state index in [4.69, 9.17) is 12.2 Å². The summed E-state index contributed by atoms with van der Waals surface area (Å²) in [7, 11) is 1.60. The van der Waals surface area contributed by atoms with Gasteiger partial charge in [-0.25, -0.2) is 4.98 Å². The fraction of sp³-hybridized carbons (Fsp3) is 0.250. The summed E-state index contributed by atoms with van der Waals surface area (Å²) in [6.07, 6.45) is -3.34. The van der Waals surface area contributed by atoms with Gasteiger partial charge in [0.1, 0.15) is 5.69 Å². The number of thiocarbonyl (C=S) groups is 1. The van der Waals surface area contributed by atoms with Gasteiger partial charge in [0.25, 0.3) is 0 Å². The molecule has 82 valence electrons. The van der Waals surface area contributed by atoms with Gasteiger partial charge in [-0.2, -0.15) is 13.2 Å². The van der Waals surface area contributed by atoms with Crippen molar-refractivity contribution in [3.05, 3.63) is 24.0 Å². The van der Waals surface area contributed by atoms with Crippen molar-refractivity contribution in [2.45, 2.75) is 6.18 Å². The number of rotatable bonds is 1. The molecule has 0 aromatic carbocycles. The molecule has 0 bridgehead atoms. The van der Waals surface area contributed by atoms with Gasteiger partial charge in [-0.05, 0) is 24.4 Å². The number of anilines is 1. The molecule has 2 N–H and O–H groups in total. The average Bonchev–Trinajstić information content (AvgIpc) is 2.17. The minimum absolute atomic E-state index is 0.316. The summed E-state index contributed by atoms with van der Waals surface area (Å²) in [6, 6.07) is 2.15. The maximum absolute atomic E-state index is 12.1. The summed E-state index contributed by atoms with van der Waals surface area (Å²) in [4.78, 5) is 3.26. The SMILES string of the molecule is CNC(=S)Nc1ccc(C(F)(F)F)nc1. The van der Waals surface area contributed by atoms with Crippen LogP contribution in [0.3, 0.4) is 0 Å². The van der Waals surface area contributed by atoms with Gasteiger partial charge in [-0.3, -0.25) is 0 Å². The van der Waals surface area contributed by atoms with Gasteiger partial charge in [0, 0.05) is 7.05 Å². The second kappa shape index (κ2) is 4.43. The predicted molar refractivity (Wildman–Crippen MR) is 54.5 cm³/mol. The lowest BCUT2D eigenvalue weighted by Crippen LogP contribution is -2.24. The lowest BCUT2D eigenvalue weighted by molar-refractivity contribution is -0.141. The van der Waals surface area contributed by atoms with Crippen LogP contribution in [-0.4, -0.2) is 17.1 Å². The molecule has 1 rings (SSSR count). The number of nitrogens with one attached hydrogen (secondary N) is 2. The van der Waals surface area contributed by atoms with Crippen molar-refractivity contribution in [1.82, 2.24) is 10.3 Å². The molecule has 1 heterocycles. The second-order valence-electron chi connectivity index (χ2n) is 2.63. The summed E-state index contributed by atoms with van der Waals surface area (Å²) in [5.74, 6) is 0. The van der Waals surface area contributed by atoms with Gasteiger partial charge in [0.2, 0.25) is 0 Å². The third-order valence-electron chi connectivity index (χ3n) is 1.54. The van der Waals surface area contributed by atoms with Crippen LogP contribution in [0.15, 0.2) is 18.3 Å². The van der Waals surface area contributed by atoms with Crippen molar-refractivity contribution in [1.29, 1.82) is 0 Å². The van der Waals surface area contributed by atoms with Gasteiger partial charge in [0.05, 0.1) is 11.9 Å². The number of pyridine rings is 1. The highest BCUT2D eigenvalue weighted by Crippen LogP contribution is 2.27. The number of hydrogen-bond acceptors (Lipinski definition) is 2. The van der Waals surface area contributed by atoms with E-state index in [0.717, 1.165) is 12.3 Å². The van der Waals surface area contributed by atoms with E-state index < -0.39 is 11.9 Å². The Hall–Kier alpha value is -1.37. The van der Waals surface area contributed by atoms with E-state index in [9.17, 15) is 13.2 Å². The number of halogens is 3. The third-order valence-corrected chi connectivity index (χ3v) is 1.85. The van der Waals surface area contributed by atoms with Crippen LogP contribution in [0.5, 0.6) is 0 Å². The van der Waals surface area contributed by atoms with Crippen LogP contribution in [0.25, 0.3) is 0 Å². The molecule has 15 heavy (non-hydrogen) atoms.